The minimum absolute atomic E-state index is 0.168. The molecule has 0 aliphatic rings. The fourth-order valence-corrected chi connectivity index (χ4v) is 1.50. The average molecular weight is 269 g/mol. The summed E-state index contributed by atoms with van der Waals surface area (Å²) in [5, 5.41) is 21.4. The van der Waals surface area contributed by atoms with E-state index in [1.54, 1.807) is 30.9 Å². The second-order valence-electron chi connectivity index (χ2n) is 4.48. The van der Waals surface area contributed by atoms with Crippen LogP contribution in [-0.2, 0) is 11.3 Å². The Kier molecular flexibility index (Phi) is 5.77. The highest BCUT2D eigenvalue weighted by atomic mass is 16.4. The Hall–Kier alpha value is -2.12. The largest absolute Gasteiger partial charge is 0.480 e. The van der Waals surface area contributed by atoms with Crippen LogP contribution in [0.3, 0.4) is 0 Å². The second kappa shape index (κ2) is 7.34. The lowest BCUT2D eigenvalue weighted by atomic mass is 10.1. The molecule has 0 unspecified atom stereocenters. The standard InChI is InChI=1S/C11H19N5O3/c1-8(2)9(10(17)18)14-11(19)12-4-3-6-16-7-5-13-15-16/h5,7-9H,3-4,6H2,1-2H3,(H,17,18)(H2,12,14,19)/t9-/m0/s1. The minimum atomic E-state index is -1.03. The summed E-state index contributed by atoms with van der Waals surface area (Å²) >= 11 is 0. The Balaban J connectivity index is 2.21. The second-order valence-corrected chi connectivity index (χ2v) is 4.48. The van der Waals surface area contributed by atoms with Crippen LogP contribution in [0.5, 0.6) is 0 Å². The molecule has 106 valence electrons. The molecule has 0 saturated carbocycles. The number of aromatic nitrogens is 3. The fraction of sp³-hybridized carbons (Fsp3) is 0.636. The number of aryl methyl sites for hydroxylation is 1. The molecule has 0 aliphatic carbocycles. The molecule has 0 bridgehead atoms. The van der Waals surface area contributed by atoms with Crippen molar-refractivity contribution in [2.45, 2.75) is 32.9 Å². The summed E-state index contributed by atoms with van der Waals surface area (Å²) < 4.78 is 1.66. The van der Waals surface area contributed by atoms with E-state index in [0.29, 0.717) is 19.5 Å². The zero-order chi connectivity index (χ0) is 14.3. The van der Waals surface area contributed by atoms with Gasteiger partial charge in [-0.3, -0.25) is 4.68 Å². The van der Waals surface area contributed by atoms with Crippen LogP contribution in [0.25, 0.3) is 0 Å². The number of hydrogen-bond acceptors (Lipinski definition) is 4. The molecule has 0 fully saturated rings. The number of carboxylic acids is 1. The molecule has 8 heteroatoms. The highest BCUT2D eigenvalue weighted by Crippen LogP contribution is 2.01. The van der Waals surface area contributed by atoms with E-state index in [1.165, 1.54) is 0 Å². The molecule has 1 aromatic heterocycles. The van der Waals surface area contributed by atoms with Crippen LogP contribution in [0.1, 0.15) is 20.3 Å². The molecule has 3 N–H and O–H groups in total. The smallest absolute Gasteiger partial charge is 0.326 e. The van der Waals surface area contributed by atoms with Crippen molar-refractivity contribution in [1.29, 1.82) is 0 Å². The maximum atomic E-state index is 11.5. The van der Waals surface area contributed by atoms with Crippen LogP contribution >= 0.6 is 0 Å². The Morgan fingerprint density at radius 2 is 2.16 bits per heavy atom. The van der Waals surface area contributed by atoms with E-state index in [0.717, 1.165) is 0 Å². The molecule has 2 amide bonds. The van der Waals surface area contributed by atoms with Gasteiger partial charge in [-0.2, -0.15) is 0 Å². The topological polar surface area (TPSA) is 109 Å². The number of carbonyl (C=O) groups is 2. The third-order valence-electron chi connectivity index (χ3n) is 2.54. The van der Waals surface area contributed by atoms with Crippen molar-refractivity contribution in [1.82, 2.24) is 25.6 Å². The number of carboxylic acid groups (broad SMARTS) is 1. The highest BCUT2D eigenvalue weighted by Gasteiger charge is 2.22. The summed E-state index contributed by atoms with van der Waals surface area (Å²) in [7, 11) is 0. The maximum absolute atomic E-state index is 11.5. The molecule has 0 saturated heterocycles. The number of hydrogen-bond donors (Lipinski definition) is 3. The van der Waals surface area contributed by atoms with Crippen molar-refractivity contribution in [2.24, 2.45) is 5.92 Å². The Morgan fingerprint density at radius 3 is 2.68 bits per heavy atom. The first-order chi connectivity index (χ1) is 9.00. The van der Waals surface area contributed by atoms with Gasteiger partial charge in [0.25, 0.3) is 0 Å². The van der Waals surface area contributed by atoms with E-state index >= 15 is 0 Å². The van der Waals surface area contributed by atoms with Gasteiger partial charge in [0.15, 0.2) is 0 Å². The maximum Gasteiger partial charge on any atom is 0.326 e. The number of aliphatic carboxylic acids is 1. The summed E-state index contributed by atoms with van der Waals surface area (Å²) in [5.74, 6) is -1.20. The number of nitrogens with one attached hydrogen (secondary N) is 2. The van der Waals surface area contributed by atoms with E-state index in [-0.39, 0.29) is 5.92 Å². The molecular weight excluding hydrogens is 250 g/mol. The quantitative estimate of drug-likeness (QED) is 0.607. The van der Waals surface area contributed by atoms with Gasteiger partial charge in [-0.25, -0.2) is 9.59 Å². The average Bonchev–Trinajstić information content (AvgIpc) is 2.84. The zero-order valence-corrected chi connectivity index (χ0v) is 11.0. The molecule has 1 rings (SSSR count). The number of carbonyl (C=O) groups excluding carboxylic acids is 1. The SMILES string of the molecule is CC(C)[C@H](NC(=O)NCCCn1ccnn1)C(=O)O. The summed E-state index contributed by atoms with van der Waals surface area (Å²) in [6, 6.07) is -1.35. The number of rotatable bonds is 7. The van der Waals surface area contributed by atoms with Crippen LogP contribution in [-0.4, -0.2) is 44.7 Å². The summed E-state index contributed by atoms with van der Waals surface area (Å²) in [6.07, 6.45) is 4.01. The third kappa shape index (κ3) is 5.36. The summed E-state index contributed by atoms with van der Waals surface area (Å²) in [4.78, 5) is 22.4. The molecule has 19 heavy (non-hydrogen) atoms. The Morgan fingerprint density at radius 1 is 1.42 bits per heavy atom. The lowest BCUT2D eigenvalue weighted by Crippen LogP contribution is -2.48. The van der Waals surface area contributed by atoms with Crippen molar-refractivity contribution in [3.05, 3.63) is 12.4 Å². The number of nitrogens with zero attached hydrogens (tertiary/aromatic N) is 3. The van der Waals surface area contributed by atoms with Gasteiger partial charge in [0, 0.05) is 19.3 Å². The van der Waals surface area contributed by atoms with Crippen molar-refractivity contribution < 1.29 is 14.7 Å². The van der Waals surface area contributed by atoms with Crippen LogP contribution in [0.2, 0.25) is 0 Å². The van der Waals surface area contributed by atoms with Crippen LogP contribution in [0.15, 0.2) is 12.4 Å². The molecule has 8 nitrogen and oxygen atoms in total. The predicted molar refractivity (Wildman–Crippen MR) is 67.4 cm³/mol. The lowest BCUT2D eigenvalue weighted by molar-refractivity contribution is -0.140. The van der Waals surface area contributed by atoms with Crippen molar-refractivity contribution in [3.63, 3.8) is 0 Å². The number of amides is 2. The lowest BCUT2D eigenvalue weighted by Gasteiger charge is -2.18. The first-order valence-electron chi connectivity index (χ1n) is 6.12. The predicted octanol–water partition coefficient (Wildman–Crippen LogP) is 0.0766. The molecule has 0 aromatic carbocycles. The highest BCUT2D eigenvalue weighted by molar-refractivity contribution is 5.82. The fourth-order valence-electron chi connectivity index (χ4n) is 1.50. The van der Waals surface area contributed by atoms with Gasteiger partial charge in [-0.05, 0) is 12.3 Å². The van der Waals surface area contributed by atoms with Crippen molar-refractivity contribution in [2.75, 3.05) is 6.54 Å². The molecular formula is C11H19N5O3. The van der Waals surface area contributed by atoms with Crippen LogP contribution in [0, 0.1) is 5.92 Å². The van der Waals surface area contributed by atoms with Gasteiger partial charge in [-0.15, -0.1) is 5.10 Å². The van der Waals surface area contributed by atoms with E-state index in [9.17, 15) is 9.59 Å². The Bertz CT molecular complexity index is 404. The molecule has 1 heterocycles. The summed E-state index contributed by atoms with van der Waals surface area (Å²) in [5.41, 5.74) is 0. The minimum Gasteiger partial charge on any atom is -0.480 e. The van der Waals surface area contributed by atoms with E-state index < -0.39 is 18.0 Å². The van der Waals surface area contributed by atoms with Gasteiger partial charge >= 0.3 is 12.0 Å². The molecule has 1 atom stereocenters. The molecule has 0 radical (unpaired) electrons. The molecule has 1 aromatic rings. The van der Waals surface area contributed by atoms with E-state index in [2.05, 4.69) is 20.9 Å². The van der Waals surface area contributed by atoms with E-state index in [4.69, 9.17) is 5.11 Å². The van der Waals surface area contributed by atoms with Gasteiger partial charge in [0.2, 0.25) is 0 Å². The third-order valence-corrected chi connectivity index (χ3v) is 2.54. The molecule has 0 aliphatic heterocycles. The van der Waals surface area contributed by atoms with Gasteiger partial charge in [-0.1, -0.05) is 19.1 Å². The monoisotopic (exact) mass is 269 g/mol. The van der Waals surface area contributed by atoms with Gasteiger partial charge in [0.1, 0.15) is 6.04 Å². The first kappa shape index (κ1) is 14.9. The summed E-state index contributed by atoms with van der Waals surface area (Å²) in [6.45, 7) is 4.57. The van der Waals surface area contributed by atoms with Crippen molar-refractivity contribution in [3.8, 4) is 0 Å². The molecule has 0 spiro atoms. The van der Waals surface area contributed by atoms with Crippen LogP contribution < -0.4 is 10.6 Å². The zero-order valence-electron chi connectivity index (χ0n) is 11.0. The first-order valence-corrected chi connectivity index (χ1v) is 6.12. The van der Waals surface area contributed by atoms with Crippen LogP contribution in [0.4, 0.5) is 4.79 Å². The van der Waals surface area contributed by atoms with Gasteiger partial charge in [0.05, 0.1) is 6.20 Å². The number of urea groups is 1. The van der Waals surface area contributed by atoms with Crippen molar-refractivity contribution >= 4 is 12.0 Å². The van der Waals surface area contributed by atoms with E-state index in [1.807, 2.05) is 0 Å². The van der Waals surface area contributed by atoms with Gasteiger partial charge < -0.3 is 15.7 Å². The Labute approximate surface area is 111 Å². The normalized spacial score (nSPS) is 12.2.